The quantitative estimate of drug-likeness (QED) is 0.819. The van der Waals surface area contributed by atoms with Crippen molar-refractivity contribution in [3.63, 3.8) is 0 Å². The van der Waals surface area contributed by atoms with E-state index >= 15 is 0 Å². The molecule has 2 aliphatic heterocycles. The van der Waals surface area contributed by atoms with E-state index in [1.807, 2.05) is 23.2 Å². The van der Waals surface area contributed by atoms with E-state index in [0.29, 0.717) is 25.3 Å². The number of rotatable bonds is 4. The van der Waals surface area contributed by atoms with Crippen molar-refractivity contribution in [1.29, 1.82) is 0 Å². The van der Waals surface area contributed by atoms with Gasteiger partial charge in [-0.05, 0) is 37.0 Å². The van der Waals surface area contributed by atoms with E-state index in [-0.39, 0.29) is 5.91 Å². The molecule has 3 heterocycles. The number of nitrogens with zero attached hydrogens (tertiary/aromatic N) is 4. The van der Waals surface area contributed by atoms with Gasteiger partial charge in [0.05, 0.1) is 42.0 Å². The Morgan fingerprint density at radius 3 is 2.61 bits per heavy atom. The molecule has 0 bridgehead atoms. The van der Waals surface area contributed by atoms with Crippen LogP contribution in [0.3, 0.4) is 0 Å². The maximum Gasteiger partial charge on any atom is 0.260 e. The summed E-state index contributed by atoms with van der Waals surface area (Å²) >= 11 is 0. The molecule has 1 saturated heterocycles. The number of carbonyl (C=O) groups excluding carboxylic acids is 1. The molecule has 1 amide bonds. The lowest BCUT2D eigenvalue weighted by Crippen LogP contribution is -2.45. The van der Waals surface area contributed by atoms with Gasteiger partial charge in [0.1, 0.15) is 0 Å². The summed E-state index contributed by atoms with van der Waals surface area (Å²) in [4.78, 5) is 24.3. The van der Waals surface area contributed by atoms with Crippen LogP contribution in [0.4, 0.5) is 17.1 Å². The summed E-state index contributed by atoms with van der Waals surface area (Å²) in [7, 11) is 0. The molecule has 6 nitrogen and oxygen atoms in total. The van der Waals surface area contributed by atoms with E-state index in [0.717, 1.165) is 43.5 Å². The Balaban J connectivity index is 1.40. The molecule has 0 unspecified atom stereocenters. The molecule has 0 atom stereocenters. The lowest BCUT2D eigenvalue weighted by atomic mass is 10.1. The van der Waals surface area contributed by atoms with Gasteiger partial charge in [0.2, 0.25) is 0 Å². The van der Waals surface area contributed by atoms with Crippen molar-refractivity contribution in [3.8, 4) is 0 Å². The summed E-state index contributed by atoms with van der Waals surface area (Å²) in [6, 6.07) is 10.3. The Bertz CT molecular complexity index is 861. The molecule has 1 aromatic carbocycles. The first-order chi connectivity index (χ1) is 13.8. The fourth-order valence-corrected chi connectivity index (χ4v) is 4.13. The molecule has 0 N–H and O–H groups in total. The number of ether oxygens (including phenoxy) is 1. The van der Waals surface area contributed by atoms with Crippen molar-refractivity contribution in [2.75, 3.05) is 60.6 Å². The van der Waals surface area contributed by atoms with Crippen LogP contribution in [-0.2, 0) is 4.74 Å². The normalized spacial score (nSPS) is 19.5. The Morgan fingerprint density at radius 2 is 1.82 bits per heavy atom. The van der Waals surface area contributed by atoms with Gasteiger partial charge in [-0.25, -0.2) is 0 Å². The average Bonchev–Trinajstić information content (AvgIpc) is 3.58. The molecule has 6 heteroatoms. The van der Waals surface area contributed by atoms with Gasteiger partial charge in [-0.15, -0.1) is 0 Å². The highest BCUT2D eigenvalue weighted by atomic mass is 16.5. The van der Waals surface area contributed by atoms with Crippen LogP contribution in [0.1, 0.15) is 23.2 Å². The number of morpholine rings is 1. The summed E-state index contributed by atoms with van der Waals surface area (Å²) in [5.41, 5.74) is 3.83. The Hall–Kier alpha value is -2.60. The molecule has 0 spiro atoms. The molecule has 2 fully saturated rings. The first-order valence-electron chi connectivity index (χ1n) is 10.2. The minimum absolute atomic E-state index is 0.0288. The Morgan fingerprint density at radius 1 is 1.04 bits per heavy atom. The zero-order valence-electron chi connectivity index (χ0n) is 16.1. The molecule has 1 aliphatic carbocycles. The lowest BCUT2D eigenvalue weighted by Gasteiger charge is -2.38. The molecule has 1 saturated carbocycles. The fourth-order valence-electron chi connectivity index (χ4n) is 4.13. The highest BCUT2D eigenvalue weighted by Gasteiger charge is 2.31. The number of para-hydroxylation sites is 2. The van der Waals surface area contributed by atoms with Crippen molar-refractivity contribution in [1.82, 2.24) is 4.98 Å². The number of hydrogen-bond donors (Lipinski definition) is 0. The van der Waals surface area contributed by atoms with Crippen molar-refractivity contribution in [2.45, 2.75) is 12.8 Å². The van der Waals surface area contributed by atoms with Crippen LogP contribution >= 0.6 is 0 Å². The van der Waals surface area contributed by atoms with Crippen LogP contribution in [0.5, 0.6) is 0 Å². The van der Waals surface area contributed by atoms with E-state index in [1.165, 1.54) is 18.5 Å². The fraction of sp³-hybridized carbons (Fsp3) is 0.455. The van der Waals surface area contributed by atoms with E-state index in [2.05, 4.69) is 33.0 Å². The molecule has 0 radical (unpaired) electrons. The predicted octanol–water partition coefficient (Wildman–Crippen LogP) is 2.80. The number of benzene rings is 1. The number of carbonyl (C=O) groups is 1. The first kappa shape index (κ1) is 17.5. The largest absolute Gasteiger partial charge is 0.378 e. The third-order valence-corrected chi connectivity index (χ3v) is 5.87. The van der Waals surface area contributed by atoms with Crippen LogP contribution in [0.15, 0.2) is 42.7 Å². The van der Waals surface area contributed by atoms with Crippen LogP contribution in [0.2, 0.25) is 0 Å². The van der Waals surface area contributed by atoms with E-state index in [4.69, 9.17) is 4.74 Å². The van der Waals surface area contributed by atoms with Crippen LogP contribution in [0, 0.1) is 5.92 Å². The molecule has 146 valence electrons. The van der Waals surface area contributed by atoms with E-state index in [1.54, 1.807) is 6.20 Å². The van der Waals surface area contributed by atoms with Gasteiger partial charge >= 0.3 is 0 Å². The molecule has 28 heavy (non-hydrogen) atoms. The summed E-state index contributed by atoms with van der Waals surface area (Å²) in [5.74, 6) is 0.853. The predicted molar refractivity (Wildman–Crippen MR) is 110 cm³/mol. The lowest BCUT2D eigenvalue weighted by molar-refractivity contribution is 0.0986. The minimum Gasteiger partial charge on any atom is -0.378 e. The van der Waals surface area contributed by atoms with Crippen LogP contribution in [-0.4, -0.2) is 56.8 Å². The average molecular weight is 378 g/mol. The molecule has 3 aliphatic rings. The Labute approximate surface area is 165 Å². The third-order valence-electron chi connectivity index (χ3n) is 5.87. The van der Waals surface area contributed by atoms with Crippen molar-refractivity contribution >= 4 is 23.0 Å². The van der Waals surface area contributed by atoms with Gasteiger partial charge in [-0.1, -0.05) is 12.1 Å². The van der Waals surface area contributed by atoms with Gasteiger partial charge in [-0.2, -0.15) is 0 Å². The second-order valence-electron chi connectivity index (χ2n) is 7.87. The number of hydrogen-bond acceptors (Lipinski definition) is 5. The number of pyridine rings is 1. The maximum absolute atomic E-state index is 13.4. The van der Waals surface area contributed by atoms with Gasteiger partial charge in [-0.3, -0.25) is 9.78 Å². The van der Waals surface area contributed by atoms with Crippen LogP contribution < -0.4 is 14.7 Å². The van der Waals surface area contributed by atoms with E-state index in [9.17, 15) is 4.79 Å². The molecule has 2 aromatic rings. The van der Waals surface area contributed by atoms with Crippen molar-refractivity contribution in [2.24, 2.45) is 5.92 Å². The number of amides is 1. The SMILES string of the molecule is O=C(c1cncc(N2CCOCC2)c1)N1CCN(CC2CC2)c2ccccc21. The second-order valence-corrected chi connectivity index (χ2v) is 7.87. The summed E-state index contributed by atoms with van der Waals surface area (Å²) in [6.45, 7) is 5.81. The Kier molecular flexibility index (Phi) is 4.64. The minimum atomic E-state index is 0.0288. The molecular weight excluding hydrogens is 352 g/mol. The monoisotopic (exact) mass is 378 g/mol. The van der Waals surface area contributed by atoms with Crippen molar-refractivity contribution < 1.29 is 9.53 Å². The highest BCUT2D eigenvalue weighted by molar-refractivity contribution is 6.08. The molecular formula is C22H26N4O2. The maximum atomic E-state index is 13.4. The number of aromatic nitrogens is 1. The molecule has 1 aromatic heterocycles. The molecule has 5 rings (SSSR count). The number of anilines is 3. The van der Waals surface area contributed by atoms with Crippen LogP contribution in [0.25, 0.3) is 0 Å². The topological polar surface area (TPSA) is 48.9 Å². The second kappa shape index (κ2) is 7.43. The van der Waals surface area contributed by atoms with Gasteiger partial charge in [0.25, 0.3) is 5.91 Å². The van der Waals surface area contributed by atoms with Gasteiger partial charge < -0.3 is 19.4 Å². The smallest absolute Gasteiger partial charge is 0.260 e. The van der Waals surface area contributed by atoms with E-state index < -0.39 is 0 Å². The summed E-state index contributed by atoms with van der Waals surface area (Å²) < 4.78 is 5.43. The van der Waals surface area contributed by atoms with Gasteiger partial charge in [0.15, 0.2) is 0 Å². The summed E-state index contributed by atoms with van der Waals surface area (Å²) in [5, 5.41) is 0. The van der Waals surface area contributed by atoms with Gasteiger partial charge in [0, 0.05) is 38.9 Å². The summed E-state index contributed by atoms with van der Waals surface area (Å²) in [6.07, 6.45) is 6.19. The zero-order valence-corrected chi connectivity index (χ0v) is 16.1. The number of fused-ring (bicyclic) bond motifs is 1. The van der Waals surface area contributed by atoms with Crippen molar-refractivity contribution in [3.05, 3.63) is 48.3 Å². The zero-order chi connectivity index (χ0) is 18.9. The standard InChI is InChI=1S/C22H26N4O2/c27-22(18-13-19(15-23-14-18)24-9-11-28-12-10-24)26-8-7-25(16-17-5-6-17)20-3-1-2-4-21(20)26/h1-4,13-15,17H,5-12,16H2. The highest BCUT2D eigenvalue weighted by Crippen LogP contribution is 2.37. The first-order valence-corrected chi connectivity index (χ1v) is 10.2. The third kappa shape index (κ3) is 3.44.